The molecule has 150 valence electrons. The van der Waals surface area contributed by atoms with E-state index in [9.17, 15) is 4.79 Å². The normalized spacial score (nSPS) is 24.6. The van der Waals surface area contributed by atoms with Gasteiger partial charge in [-0.15, -0.1) is 0 Å². The fraction of sp³-hybridized carbons (Fsp3) is 0.273. The van der Waals surface area contributed by atoms with Crippen molar-refractivity contribution in [1.82, 2.24) is 5.32 Å². The lowest BCUT2D eigenvalue weighted by molar-refractivity contribution is -0.159. The zero-order valence-corrected chi connectivity index (χ0v) is 17.1. The van der Waals surface area contributed by atoms with Crippen LogP contribution in [0.5, 0.6) is 11.5 Å². The number of carbonyl (C=O) groups excluding carboxylic acids is 1. The fourth-order valence-corrected chi connectivity index (χ4v) is 4.51. The van der Waals surface area contributed by atoms with Crippen molar-refractivity contribution >= 4 is 29.0 Å². The van der Waals surface area contributed by atoms with E-state index in [0.29, 0.717) is 22.3 Å². The Bertz CT molecular complexity index is 979. The molecule has 0 aromatic heterocycles. The molecule has 1 fully saturated rings. The number of methoxy groups -OCH3 is 1. The van der Waals surface area contributed by atoms with Crippen molar-refractivity contribution in [2.45, 2.75) is 18.7 Å². The van der Waals surface area contributed by atoms with Gasteiger partial charge in [-0.25, -0.2) is 0 Å². The molecule has 2 bridgehead atoms. The Labute approximate surface area is 175 Å². The summed E-state index contributed by atoms with van der Waals surface area (Å²) in [6, 6.07) is 14.8. The molecule has 0 unspecified atom stereocenters. The van der Waals surface area contributed by atoms with E-state index in [1.165, 1.54) is 0 Å². The highest BCUT2D eigenvalue weighted by atomic mass is 32.1. The molecule has 2 aromatic rings. The van der Waals surface area contributed by atoms with Gasteiger partial charge >= 0.3 is 5.97 Å². The second-order valence-electron chi connectivity index (χ2n) is 7.03. The number of hydrogen-bond acceptors (Lipinski definition) is 5. The SMILES string of the molecule is C=CCOC(=O)[C@H]1[C@H]2NC(=S)N(c3ccccc3OC)[C@@]1(C)Oc1ccccc12. The quantitative estimate of drug-likeness (QED) is 0.459. The molecule has 0 amide bonds. The lowest BCUT2D eigenvalue weighted by Crippen LogP contribution is -2.71. The molecule has 7 heteroatoms. The van der Waals surface area contributed by atoms with Crippen molar-refractivity contribution in [3.63, 3.8) is 0 Å². The fourth-order valence-electron chi connectivity index (χ4n) is 4.10. The minimum atomic E-state index is -1.12. The van der Waals surface area contributed by atoms with Gasteiger partial charge in [0.05, 0.1) is 18.8 Å². The molecule has 2 aliphatic heterocycles. The maximum atomic E-state index is 13.1. The first-order chi connectivity index (χ1) is 14.0. The molecule has 0 saturated carbocycles. The van der Waals surface area contributed by atoms with Crippen LogP contribution < -0.4 is 19.7 Å². The number of anilines is 1. The van der Waals surface area contributed by atoms with Crippen LogP contribution in [0, 0.1) is 5.92 Å². The zero-order valence-electron chi connectivity index (χ0n) is 16.3. The number of hydrogen-bond donors (Lipinski definition) is 1. The molecule has 2 aliphatic rings. The van der Waals surface area contributed by atoms with Gasteiger partial charge in [0, 0.05) is 5.56 Å². The van der Waals surface area contributed by atoms with E-state index in [1.54, 1.807) is 18.1 Å². The van der Waals surface area contributed by atoms with E-state index >= 15 is 0 Å². The van der Waals surface area contributed by atoms with Gasteiger partial charge in [0.25, 0.3) is 0 Å². The number of thiocarbonyl (C=S) groups is 1. The minimum absolute atomic E-state index is 0.124. The standard InChI is InChI=1S/C22H22N2O4S/c1-4-13-27-20(25)18-19-14-9-5-7-11-16(14)28-22(18,2)24(21(29)23-19)15-10-6-8-12-17(15)26-3/h4-12,18-19H,1,13H2,2-3H3,(H,23,29)/t18-,19+,22+/m1/s1. The van der Waals surface area contributed by atoms with Crippen LogP contribution >= 0.6 is 12.2 Å². The van der Waals surface area contributed by atoms with E-state index < -0.39 is 11.6 Å². The molecule has 3 atom stereocenters. The van der Waals surface area contributed by atoms with Crippen LogP contribution in [0.3, 0.4) is 0 Å². The zero-order chi connectivity index (χ0) is 20.6. The molecule has 4 rings (SSSR count). The average molecular weight is 410 g/mol. The highest BCUT2D eigenvalue weighted by Gasteiger charge is 2.60. The lowest BCUT2D eigenvalue weighted by Gasteiger charge is -2.55. The molecule has 6 nitrogen and oxygen atoms in total. The van der Waals surface area contributed by atoms with Crippen LogP contribution in [0.4, 0.5) is 5.69 Å². The summed E-state index contributed by atoms with van der Waals surface area (Å²) in [5.74, 6) is 0.260. The summed E-state index contributed by atoms with van der Waals surface area (Å²) in [7, 11) is 1.59. The largest absolute Gasteiger partial charge is 0.495 e. The van der Waals surface area contributed by atoms with Crippen molar-refractivity contribution in [2.75, 3.05) is 18.6 Å². The molecule has 0 aliphatic carbocycles. The maximum absolute atomic E-state index is 13.1. The Morgan fingerprint density at radius 3 is 2.79 bits per heavy atom. The summed E-state index contributed by atoms with van der Waals surface area (Å²) in [6.07, 6.45) is 1.55. The van der Waals surface area contributed by atoms with Gasteiger partial charge in [0.1, 0.15) is 24.0 Å². The van der Waals surface area contributed by atoms with E-state index in [-0.39, 0.29) is 18.6 Å². The van der Waals surface area contributed by atoms with Crippen LogP contribution in [-0.2, 0) is 9.53 Å². The predicted octanol–water partition coefficient (Wildman–Crippen LogP) is 3.59. The number of fused-ring (bicyclic) bond motifs is 4. The molecule has 0 spiro atoms. The molecule has 1 saturated heterocycles. The van der Waals surface area contributed by atoms with Crippen LogP contribution in [0.2, 0.25) is 0 Å². The number of nitrogens with one attached hydrogen (secondary N) is 1. The summed E-state index contributed by atoms with van der Waals surface area (Å²) >= 11 is 5.71. The predicted molar refractivity (Wildman–Crippen MR) is 114 cm³/mol. The second-order valence-corrected chi connectivity index (χ2v) is 7.41. The van der Waals surface area contributed by atoms with Crippen molar-refractivity contribution in [2.24, 2.45) is 5.92 Å². The topological polar surface area (TPSA) is 60.0 Å². The van der Waals surface area contributed by atoms with Gasteiger partial charge in [0.2, 0.25) is 5.72 Å². The Balaban J connectivity index is 1.88. The Morgan fingerprint density at radius 1 is 1.31 bits per heavy atom. The monoisotopic (exact) mass is 410 g/mol. The van der Waals surface area contributed by atoms with Crippen molar-refractivity contribution < 1.29 is 19.0 Å². The lowest BCUT2D eigenvalue weighted by atomic mass is 9.79. The Hall–Kier alpha value is -3.06. The summed E-state index contributed by atoms with van der Waals surface area (Å²) < 4.78 is 17.4. The van der Waals surface area contributed by atoms with Gasteiger partial charge in [-0.2, -0.15) is 0 Å². The van der Waals surface area contributed by atoms with E-state index in [2.05, 4.69) is 11.9 Å². The van der Waals surface area contributed by atoms with Crippen LogP contribution in [0.1, 0.15) is 18.5 Å². The number of ether oxygens (including phenoxy) is 3. The first kappa shape index (κ1) is 19.3. The highest BCUT2D eigenvalue weighted by molar-refractivity contribution is 7.80. The minimum Gasteiger partial charge on any atom is -0.495 e. The van der Waals surface area contributed by atoms with Crippen molar-refractivity contribution in [1.29, 1.82) is 0 Å². The number of esters is 1. The summed E-state index contributed by atoms with van der Waals surface area (Å²) in [4.78, 5) is 14.9. The van der Waals surface area contributed by atoms with E-state index in [4.69, 9.17) is 26.4 Å². The molecule has 1 N–H and O–H groups in total. The van der Waals surface area contributed by atoms with Gasteiger partial charge in [-0.05, 0) is 37.3 Å². The number of benzene rings is 2. The van der Waals surface area contributed by atoms with Gasteiger partial charge in [-0.1, -0.05) is 43.0 Å². The number of carbonyl (C=O) groups is 1. The molecule has 2 aromatic carbocycles. The van der Waals surface area contributed by atoms with Crippen molar-refractivity contribution in [3.05, 3.63) is 66.7 Å². The van der Waals surface area contributed by atoms with Crippen LogP contribution in [-0.4, -0.2) is 30.5 Å². The third-order valence-corrected chi connectivity index (χ3v) is 5.63. The Morgan fingerprint density at radius 2 is 2.03 bits per heavy atom. The number of nitrogens with zero attached hydrogens (tertiary/aromatic N) is 1. The summed E-state index contributed by atoms with van der Waals surface area (Å²) in [5.41, 5.74) is 0.454. The number of para-hydroxylation sites is 3. The molecule has 29 heavy (non-hydrogen) atoms. The molecular formula is C22H22N2O4S. The molecule has 0 radical (unpaired) electrons. The van der Waals surface area contributed by atoms with Crippen LogP contribution in [0.15, 0.2) is 61.2 Å². The van der Waals surface area contributed by atoms with Gasteiger partial charge < -0.3 is 19.5 Å². The first-order valence-corrected chi connectivity index (χ1v) is 9.71. The average Bonchev–Trinajstić information content (AvgIpc) is 2.71. The Kier molecular flexibility index (Phi) is 4.92. The first-order valence-electron chi connectivity index (χ1n) is 9.30. The third kappa shape index (κ3) is 3.02. The van der Waals surface area contributed by atoms with Crippen molar-refractivity contribution in [3.8, 4) is 11.5 Å². The summed E-state index contributed by atoms with van der Waals surface area (Å²) in [6.45, 7) is 5.61. The van der Waals surface area contributed by atoms with Crippen LogP contribution in [0.25, 0.3) is 0 Å². The smallest absolute Gasteiger partial charge is 0.317 e. The molecular weight excluding hydrogens is 388 g/mol. The highest BCUT2D eigenvalue weighted by Crippen LogP contribution is 2.50. The van der Waals surface area contributed by atoms with E-state index in [0.717, 1.165) is 5.56 Å². The molecule has 2 heterocycles. The number of rotatable bonds is 5. The van der Waals surface area contributed by atoms with E-state index in [1.807, 2.05) is 55.5 Å². The van der Waals surface area contributed by atoms with Gasteiger partial charge in [0.15, 0.2) is 5.11 Å². The van der Waals surface area contributed by atoms with Gasteiger partial charge in [-0.3, -0.25) is 9.69 Å². The maximum Gasteiger partial charge on any atom is 0.317 e. The second kappa shape index (κ2) is 7.40. The third-order valence-electron chi connectivity index (χ3n) is 5.33. The summed E-state index contributed by atoms with van der Waals surface area (Å²) in [5, 5.41) is 3.78.